The molecule has 0 radical (unpaired) electrons. The predicted octanol–water partition coefficient (Wildman–Crippen LogP) is 1.59. The van der Waals surface area contributed by atoms with E-state index in [0.717, 1.165) is 0 Å². The lowest BCUT2D eigenvalue weighted by Crippen LogP contribution is -2.51. The number of piperazine rings is 1. The Kier molecular flexibility index (Phi) is 8.15. The maximum atomic E-state index is 13.6. The van der Waals surface area contributed by atoms with Crippen LogP contribution < -0.4 is 5.73 Å². The van der Waals surface area contributed by atoms with Crippen LogP contribution in [-0.2, 0) is 16.0 Å². The van der Waals surface area contributed by atoms with Gasteiger partial charge in [-0.15, -0.1) is 12.4 Å². The maximum Gasteiger partial charge on any atom is 0.227 e. The second-order valence-electron chi connectivity index (χ2n) is 6.05. The van der Waals surface area contributed by atoms with Gasteiger partial charge in [0.15, 0.2) is 0 Å². The van der Waals surface area contributed by atoms with Crippen molar-refractivity contribution in [2.24, 2.45) is 5.73 Å². The molecule has 2 amide bonds. The number of halogens is 2. The molecule has 1 saturated heterocycles. The molecule has 1 atom stereocenters. The van der Waals surface area contributed by atoms with Crippen LogP contribution in [0.25, 0.3) is 0 Å². The van der Waals surface area contributed by atoms with Crippen molar-refractivity contribution in [3.8, 4) is 0 Å². The number of hydrogen-bond donors (Lipinski definition) is 1. The Balaban J connectivity index is 0.00000288. The Hall–Kier alpha value is -1.66. The van der Waals surface area contributed by atoms with Gasteiger partial charge in [0.25, 0.3) is 0 Å². The van der Waals surface area contributed by atoms with E-state index in [1.165, 1.54) is 6.07 Å². The largest absolute Gasteiger partial charge is 0.339 e. The van der Waals surface area contributed by atoms with E-state index < -0.39 is 0 Å². The molecule has 2 N–H and O–H groups in total. The van der Waals surface area contributed by atoms with Gasteiger partial charge in [-0.05, 0) is 25.0 Å². The Morgan fingerprint density at radius 1 is 1.12 bits per heavy atom. The monoisotopic (exact) mass is 357 g/mol. The van der Waals surface area contributed by atoms with Crippen molar-refractivity contribution in [3.05, 3.63) is 35.6 Å². The summed E-state index contributed by atoms with van der Waals surface area (Å²) in [6.07, 6.45) is 1.18. The normalized spacial score (nSPS) is 15.6. The second-order valence-corrected chi connectivity index (χ2v) is 6.05. The van der Waals surface area contributed by atoms with Crippen LogP contribution in [0.4, 0.5) is 4.39 Å². The second kappa shape index (κ2) is 9.59. The first-order chi connectivity index (χ1) is 11.0. The molecule has 0 aromatic heterocycles. The molecule has 0 saturated carbocycles. The smallest absolute Gasteiger partial charge is 0.227 e. The van der Waals surface area contributed by atoms with Crippen molar-refractivity contribution in [2.45, 2.75) is 32.2 Å². The molecule has 0 bridgehead atoms. The van der Waals surface area contributed by atoms with Gasteiger partial charge in [-0.25, -0.2) is 4.39 Å². The maximum absolute atomic E-state index is 13.6. The first-order valence-electron chi connectivity index (χ1n) is 8.02. The quantitative estimate of drug-likeness (QED) is 0.870. The summed E-state index contributed by atoms with van der Waals surface area (Å²) in [6.45, 7) is 3.93. The highest BCUT2D eigenvalue weighted by atomic mass is 35.5. The van der Waals surface area contributed by atoms with Gasteiger partial charge in [-0.3, -0.25) is 9.59 Å². The highest BCUT2D eigenvalue weighted by Crippen LogP contribution is 2.11. The number of nitrogens with zero attached hydrogens (tertiary/aromatic N) is 2. The van der Waals surface area contributed by atoms with Gasteiger partial charge >= 0.3 is 0 Å². The molecule has 1 aromatic carbocycles. The first-order valence-corrected chi connectivity index (χ1v) is 8.02. The average Bonchev–Trinajstić information content (AvgIpc) is 2.54. The van der Waals surface area contributed by atoms with Crippen LogP contribution in [0.3, 0.4) is 0 Å². The van der Waals surface area contributed by atoms with Crippen LogP contribution in [0, 0.1) is 5.82 Å². The first kappa shape index (κ1) is 20.4. The third-order valence-electron chi connectivity index (χ3n) is 4.10. The van der Waals surface area contributed by atoms with E-state index in [-0.39, 0.29) is 42.5 Å². The molecule has 24 heavy (non-hydrogen) atoms. The minimum Gasteiger partial charge on any atom is -0.339 e. The zero-order valence-corrected chi connectivity index (χ0v) is 14.7. The summed E-state index contributed by atoms with van der Waals surface area (Å²) in [6, 6.07) is 6.33. The zero-order chi connectivity index (χ0) is 16.8. The van der Waals surface area contributed by atoms with Crippen LogP contribution >= 0.6 is 12.4 Å². The van der Waals surface area contributed by atoms with Gasteiger partial charge in [-0.1, -0.05) is 18.2 Å². The molecule has 5 nitrogen and oxygen atoms in total. The van der Waals surface area contributed by atoms with Gasteiger partial charge in [0.1, 0.15) is 5.82 Å². The zero-order valence-electron chi connectivity index (χ0n) is 13.9. The fourth-order valence-electron chi connectivity index (χ4n) is 2.63. The highest BCUT2D eigenvalue weighted by Gasteiger charge is 2.24. The summed E-state index contributed by atoms with van der Waals surface area (Å²) >= 11 is 0. The molecule has 2 rings (SSSR count). The van der Waals surface area contributed by atoms with E-state index in [0.29, 0.717) is 44.6 Å². The minimum atomic E-state index is -0.356. The molecule has 1 fully saturated rings. The molecular weight excluding hydrogens is 333 g/mol. The summed E-state index contributed by atoms with van der Waals surface area (Å²) in [5.74, 6) is -0.369. The van der Waals surface area contributed by atoms with Crippen LogP contribution in [0.5, 0.6) is 0 Å². The standard InChI is InChI=1S/C17H24FN3O2.ClH/c1-13(19)6-7-16(22)20-8-10-21(11-9-20)17(23)12-14-4-2-3-5-15(14)18;/h2-5,13H,6-12,19H2,1H3;1H. The lowest BCUT2D eigenvalue weighted by Gasteiger charge is -2.35. The third-order valence-corrected chi connectivity index (χ3v) is 4.10. The van der Waals surface area contributed by atoms with Crippen LogP contribution in [0.1, 0.15) is 25.3 Å². The number of nitrogens with two attached hydrogens (primary N) is 1. The summed E-state index contributed by atoms with van der Waals surface area (Å²) in [5.41, 5.74) is 6.07. The van der Waals surface area contributed by atoms with Crippen LogP contribution in [0.15, 0.2) is 24.3 Å². The summed E-state index contributed by atoms with van der Waals surface area (Å²) in [5, 5.41) is 0. The lowest BCUT2D eigenvalue weighted by molar-refractivity contribution is -0.139. The topological polar surface area (TPSA) is 66.6 Å². The van der Waals surface area contributed by atoms with Crippen molar-refractivity contribution in [1.29, 1.82) is 0 Å². The number of carbonyl (C=O) groups is 2. The van der Waals surface area contributed by atoms with Crippen molar-refractivity contribution in [3.63, 3.8) is 0 Å². The Morgan fingerprint density at radius 3 is 2.21 bits per heavy atom. The number of hydrogen-bond acceptors (Lipinski definition) is 3. The predicted molar refractivity (Wildman–Crippen MR) is 93.4 cm³/mol. The molecule has 1 aromatic rings. The third kappa shape index (κ3) is 5.76. The van der Waals surface area contributed by atoms with Crippen LogP contribution in [-0.4, -0.2) is 53.8 Å². The van der Waals surface area contributed by atoms with Gasteiger partial charge in [-0.2, -0.15) is 0 Å². The molecular formula is C17H25ClFN3O2. The fraction of sp³-hybridized carbons (Fsp3) is 0.529. The molecule has 0 aliphatic carbocycles. The van der Waals surface area contributed by atoms with Crippen molar-refractivity contribution in [2.75, 3.05) is 26.2 Å². The fourth-order valence-corrected chi connectivity index (χ4v) is 2.63. The molecule has 1 aliphatic rings. The van der Waals surface area contributed by atoms with Gasteiger partial charge in [0.2, 0.25) is 11.8 Å². The molecule has 1 heterocycles. The average molecular weight is 358 g/mol. The minimum absolute atomic E-state index is 0. The number of carbonyl (C=O) groups excluding carboxylic acids is 2. The van der Waals surface area contributed by atoms with Gasteiger partial charge in [0.05, 0.1) is 6.42 Å². The van der Waals surface area contributed by atoms with Gasteiger partial charge in [0, 0.05) is 38.6 Å². The summed E-state index contributed by atoms with van der Waals surface area (Å²) in [4.78, 5) is 27.8. The molecule has 134 valence electrons. The summed E-state index contributed by atoms with van der Waals surface area (Å²) in [7, 11) is 0. The van der Waals surface area contributed by atoms with Gasteiger partial charge < -0.3 is 15.5 Å². The number of rotatable bonds is 5. The molecule has 1 aliphatic heterocycles. The number of amides is 2. The Bertz CT molecular complexity index is 561. The van der Waals surface area contributed by atoms with E-state index in [1.54, 1.807) is 28.0 Å². The van der Waals surface area contributed by atoms with E-state index in [9.17, 15) is 14.0 Å². The SMILES string of the molecule is CC(N)CCC(=O)N1CCN(C(=O)Cc2ccccc2F)CC1.Cl. The van der Waals surface area contributed by atoms with Crippen molar-refractivity contribution >= 4 is 24.2 Å². The Morgan fingerprint density at radius 2 is 1.67 bits per heavy atom. The molecule has 0 spiro atoms. The van der Waals surface area contributed by atoms with E-state index >= 15 is 0 Å². The van der Waals surface area contributed by atoms with Crippen molar-refractivity contribution < 1.29 is 14.0 Å². The number of benzene rings is 1. The van der Waals surface area contributed by atoms with E-state index in [2.05, 4.69) is 0 Å². The lowest BCUT2D eigenvalue weighted by atomic mass is 10.1. The van der Waals surface area contributed by atoms with Crippen molar-refractivity contribution in [1.82, 2.24) is 9.80 Å². The summed E-state index contributed by atoms with van der Waals surface area (Å²) < 4.78 is 13.6. The molecule has 7 heteroatoms. The van der Waals surface area contributed by atoms with Crippen LogP contribution in [0.2, 0.25) is 0 Å². The van der Waals surface area contributed by atoms with E-state index in [4.69, 9.17) is 5.73 Å². The van der Waals surface area contributed by atoms with E-state index in [1.807, 2.05) is 6.92 Å². The Labute approximate surface area is 148 Å². The highest BCUT2D eigenvalue weighted by molar-refractivity contribution is 5.85. The molecule has 1 unspecified atom stereocenters.